The number of carbonyl (C=O) groups is 1. The molecule has 0 unspecified atom stereocenters. The van der Waals surface area contributed by atoms with Crippen molar-refractivity contribution in [1.29, 1.82) is 0 Å². The Kier molecular flexibility index (Phi) is 4.16. The van der Waals surface area contributed by atoms with E-state index in [1.165, 1.54) is 12.1 Å². The SMILES string of the molecule is O=C(O)c1ccc(-c2ccccc2)c(OCC(F)(F)F)c1. The third kappa shape index (κ3) is 3.98. The van der Waals surface area contributed by atoms with Crippen LogP contribution in [0.15, 0.2) is 48.5 Å². The van der Waals surface area contributed by atoms with Crippen LogP contribution in [0, 0.1) is 0 Å². The van der Waals surface area contributed by atoms with E-state index in [9.17, 15) is 18.0 Å². The Morgan fingerprint density at radius 2 is 1.76 bits per heavy atom. The molecule has 0 radical (unpaired) electrons. The van der Waals surface area contributed by atoms with Crippen LogP contribution in [0.1, 0.15) is 10.4 Å². The third-order valence-electron chi connectivity index (χ3n) is 2.70. The number of hydrogen-bond acceptors (Lipinski definition) is 2. The largest absolute Gasteiger partial charge is 0.483 e. The molecule has 21 heavy (non-hydrogen) atoms. The molecule has 1 N–H and O–H groups in total. The molecular formula is C15H11F3O3. The normalized spacial score (nSPS) is 11.2. The first kappa shape index (κ1) is 14.9. The first-order chi connectivity index (χ1) is 9.87. The lowest BCUT2D eigenvalue weighted by molar-refractivity contribution is -0.153. The molecule has 0 atom stereocenters. The van der Waals surface area contributed by atoms with Gasteiger partial charge in [-0.1, -0.05) is 30.3 Å². The third-order valence-corrected chi connectivity index (χ3v) is 2.70. The highest BCUT2D eigenvalue weighted by atomic mass is 19.4. The lowest BCUT2D eigenvalue weighted by atomic mass is 10.0. The van der Waals surface area contributed by atoms with E-state index in [-0.39, 0.29) is 11.3 Å². The van der Waals surface area contributed by atoms with E-state index in [1.807, 2.05) is 0 Å². The molecule has 2 aromatic rings. The van der Waals surface area contributed by atoms with Crippen LogP contribution < -0.4 is 4.74 Å². The van der Waals surface area contributed by atoms with Crippen LogP contribution in [0.3, 0.4) is 0 Å². The zero-order valence-electron chi connectivity index (χ0n) is 10.7. The van der Waals surface area contributed by atoms with Crippen molar-refractivity contribution in [2.75, 3.05) is 6.61 Å². The smallest absolute Gasteiger partial charge is 0.422 e. The maximum Gasteiger partial charge on any atom is 0.422 e. The zero-order chi connectivity index (χ0) is 15.5. The number of alkyl halides is 3. The molecule has 2 aromatic carbocycles. The number of benzene rings is 2. The van der Waals surface area contributed by atoms with Crippen molar-refractivity contribution in [3.63, 3.8) is 0 Å². The van der Waals surface area contributed by atoms with Crippen LogP contribution in [0.4, 0.5) is 13.2 Å². The van der Waals surface area contributed by atoms with Crippen LogP contribution in [0.25, 0.3) is 11.1 Å². The second-order valence-corrected chi connectivity index (χ2v) is 4.29. The number of rotatable bonds is 4. The molecule has 0 spiro atoms. The monoisotopic (exact) mass is 296 g/mol. The molecule has 0 amide bonds. The Morgan fingerprint density at radius 1 is 1.10 bits per heavy atom. The molecule has 0 bridgehead atoms. The predicted octanol–water partition coefficient (Wildman–Crippen LogP) is 3.99. The molecular weight excluding hydrogens is 285 g/mol. The number of carboxylic acid groups (broad SMARTS) is 1. The van der Waals surface area contributed by atoms with Gasteiger partial charge in [0.1, 0.15) is 5.75 Å². The van der Waals surface area contributed by atoms with Gasteiger partial charge in [-0.05, 0) is 23.8 Å². The van der Waals surface area contributed by atoms with Crippen molar-refractivity contribution in [3.8, 4) is 16.9 Å². The maximum absolute atomic E-state index is 12.3. The predicted molar refractivity (Wildman–Crippen MR) is 70.4 cm³/mol. The van der Waals surface area contributed by atoms with Gasteiger partial charge in [-0.15, -0.1) is 0 Å². The van der Waals surface area contributed by atoms with E-state index in [0.29, 0.717) is 11.1 Å². The van der Waals surface area contributed by atoms with E-state index in [0.717, 1.165) is 6.07 Å². The summed E-state index contributed by atoms with van der Waals surface area (Å²) in [5.74, 6) is -1.34. The van der Waals surface area contributed by atoms with Crippen LogP contribution in [0.5, 0.6) is 5.75 Å². The van der Waals surface area contributed by atoms with Gasteiger partial charge in [0.2, 0.25) is 0 Å². The molecule has 0 saturated carbocycles. The van der Waals surface area contributed by atoms with Gasteiger partial charge in [0.25, 0.3) is 0 Å². The zero-order valence-corrected chi connectivity index (χ0v) is 10.7. The first-order valence-corrected chi connectivity index (χ1v) is 5.99. The van der Waals surface area contributed by atoms with E-state index in [2.05, 4.69) is 0 Å². The number of ether oxygens (including phenoxy) is 1. The van der Waals surface area contributed by atoms with Crippen molar-refractivity contribution in [2.45, 2.75) is 6.18 Å². The van der Waals surface area contributed by atoms with E-state index in [1.54, 1.807) is 30.3 Å². The molecule has 2 rings (SSSR count). The first-order valence-electron chi connectivity index (χ1n) is 5.99. The van der Waals surface area contributed by atoms with E-state index >= 15 is 0 Å². The molecule has 0 fully saturated rings. The fourth-order valence-corrected chi connectivity index (χ4v) is 1.79. The second-order valence-electron chi connectivity index (χ2n) is 4.29. The van der Waals surface area contributed by atoms with Crippen LogP contribution >= 0.6 is 0 Å². The lowest BCUT2D eigenvalue weighted by Gasteiger charge is -2.14. The standard InChI is InChI=1S/C15H11F3O3/c16-15(17,18)9-21-13-8-11(14(19)20)6-7-12(13)10-4-2-1-3-5-10/h1-8H,9H2,(H,19,20). The van der Waals surface area contributed by atoms with Gasteiger partial charge in [0, 0.05) is 5.56 Å². The fourth-order valence-electron chi connectivity index (χ4n) is 1.79. The summed E-state index contributed by atoms with van der Waals surface area (Å²) in [6.45, 7) is -1.48. The van der Waals surface area contributed by atoms with Gasteiger partial charge in [-0.2, -0.15) is 13.2 Å². The number of aromatic carboxylic acids is 1. The topological polar surface area (TPSA) is 46.5 Å². The van der Waals surface area contributed by atoms with Crippen molar-refractivity contribution < 1.29 is 27.8 Å². The summed E-state index contributed by atoms with van der Waals surface area (Å²) < 4.78 is 41.6. The van der Waals surface area contributed by atoms with E-state index in [4.69, 9.17) is 9.84 Å². The van der Waals surface area contributed by atoms with Crippen LogP contribution in [0.2, 0.25) is 0 Å². The summed E-state index contributed by atoms with van der Waals surface area (Å²) in [6, 6.07) is 12.5. The summed E-state index contributed by atoms with van der Waals surface area (Å²) in [7, 11) is 0. The average molecular weight is 296 g/mol. The average Bonchev–Trinajstić information content (AvgIpc) is 2.45. The summed E-state index contributed by atoms with van der Waals surface area (Å²) in [5, 5.41) is 8.92. The van der Waals surface area contributed by atoms with Crippen molar-refractivity contribution in [1.82, 2.24) is 0 Å². The van der Waals surface area contributed by atoms with Crippen molar-refractivity contribution in [3.05, 3.63) is 54.1 Å². The minimum absolute atomic E-state index is 0.113. The van der Waals surface area contributed by atoms with Gasteiger partial charge in [0.15, 0.2) is 6.61 Å². The van der Waals surface area contributed by atoms with Gasteiger partial charge >= 0.3 is 12.1 Å². The minimum Gasteiger partial charge on any atom is -0.483 e. The molecule has 6 heteroatoms. The van der Waals surface area contributed by atoms with Gasteiger partial charge < -0.3 is 9.84 Å². The second kappa shape index (κ2) is 5.87. The number of hydrogen-bond donors (Lipinski definition) is 1. The van der Waals surface area contributed by atoms with Gasteiger partial charge in [-0.3, -0.25) is 0 Å². The highest BCUT2D eigenvalue weighted by Gasteiger charge is 2.29. The summed E-state index contributed by atoms with van der Waals surface area (Å²) >= 11 is 0. The van der Waals surface area contributed by atoms with Gasteiger partial charge in [-0.25, -0.2) is 4.79 Å². The molecule has 0 aliphatic carbocycles. The minimum atomic E-state index is -4.49. The molecule has 0 saturated heterocycles. The Morgan fingerprint density at radius 3 is 2.33 bits per heavy atom. The Bertz CT molecular complexity index is 636. The Hall–Kier alpha value is -2.50. The summed E-state index contributed by atoms with van der Waals surface area (Å²) in [4.78, 5) is 10.9. The maximum atomic E-state index is 12.3. The number of carboxylic acids is 1. The number of halogens is 3. The molecule has 0 heterocycles. The molecule has 110 valence electrons. The molecule has 3 nitrogen and oxygen atoms in total. The molecule has 0 aliphatic rings. The van der Waals surface area contributed by atoms with Crippen molar-refractivity contribution >= 4 is 5.97 Å². The molecule has 0 aliphatic heterocycles. The Labute approximate surface area is 118 Å². The molecule has 0 aromatic heterocycles. The van der Waals surface area contributed by atoms with Gasteiger partial charge in [0.05, 0.1) is 5.56 Å². The summed E-state index contributed by atoms with van der Waals surface area (Å²) in [6.07, 6.45) is -4.49. The van der Waals surface area contributed by atoms with E-state index < -0.39 is 18.8 Å². The fraction of sp³-hybridized carbons (Fsp3) is 0.133. The van der Waals surface area contributed by atoms with Crippen LogP contribution in [-0.2, 0) is 0 Å². The highest BCUT2D eigenvalue weighted by molar-refractivity contribution is 5.89. The van der Waals surface area contributed by atoms with Crippen molar-refractivity contribution in [2.24, 2.45) is 0 Å². The Balaban J connectivity index is 2.42. The van der Waals surface area contributed by atoms with Crippen LogP contribution in [-0.4, -0.2) is 23.9 Å². The quantitative estimate of drug-likeness (QED) is 0.927. The summed E-state index contributed by atoms with van der Waals surface area (Å²) in [5.41, 5.74) is 0.920. The highest BCUT2D eigenvalue weighted by Crippen LogP contribution is 2.32. The lowest BCUT2D eigenvalue weighted by Crippen LogP contribution is -2.19.